The summed E-state index contributed by atoms with van der Waals surface area (Å²) in [5.41, 5.74) is 8.57. The fraction of sp³-hybridized carbons (Fsp3) is 0.429. The van der Waals surface area contributed by atoms with Crippen molar-refractivity contribution in [1.29, 1.82) is 0 Å². The lowest BCUT2D eigenvalue weighted by molar-refractivity contribution is 0.464. The lowest BCUT2D eigenvalue weighted by Gasteiger charge is -2.12. The molecule has 1 aromatic heterocycles. The Kier molecular flexibility index (Phi) is 3.49. The number of nitrogen functional groups attached to an aromatic ring is 1. The van der Waals surface area contributed by atoms with E-state index >= 15 is 0 Å². The SMILES string of the molecule is Cc1cc(Oc2nc(C(C)(C)C)ns2)c(C)cc1N. The average molecular weight is 277 g/mol. The molecular weight excluding hydrogens is 258 g/mol. The molecule has 0 aliphatic rings. The van der Waals surface area contributed by atoms with Gasteiger partial charge in [-0.15, -0.1) is 0 Å². The molecule has 102 valence electrons. The van der Waals surface area contributed by atoms with Gasteiger partial charge in [-0.3, -0.25) is 0 Å². The van der Waals surface area contributed by atoms with E-state index in [1.54, 1.807) is 0 Å². The molecule has 2 aromatic rings. The number of nitrogens with zero attached hydrogens (tertiary/aromatic N) is 2. The zero-order valence-electron chi connectivity index (χ0n) is 11.9. The highest BCUT2D eigenvalue weighted by molar-refractivity contribution is 7.07. The lowest BCUT2D eigenvalue weighted by atomic mass is 9.96. The average Bonchev–Trinajstić information content (AvgIpc) is 2.74. The topological polar surface area (TPSA) is 61.0 Å². The Hall–Kier alpha value is -1.62. The molecule has 0 spiro atoms. The van der Waals surface area contributed by atoms with Crippen LogP contribution in [0.15, 0.2) is 12.1 Å². The van der Waals surface area contributed by atoms with Crippen LogP contribution in [0.1, 0.15) is 37.7 Å². The van der Waals surface area contributed by atoms with Gasteiger partial charge in [-0.25, -0.2) is 0 Å². The number of aromatic nitrogens is 2. The van der Waals surface area contributed by atoms with Crippen LogP contribution in [-0.4, -0.2) is 9.36 Å². The maximum atomic E-state index is 5.86. The summed E-state index contributed by atoms with van der Waals surface area (Å²) in [6.45, 7) is 10.2. The van der Waals surface area contributed by atoms with Crippen molar-refractivity contribution >= 4 is 17.2 Å². The van der Waals surface area contributed by atoms with E-state index in [9.17, 15) is 0 Å². The van der Waals surface area contributed by atoms with E-state index in [-0.39, 0.29) is 5.41 Å². The zero-order chi connectivity index (χ0) is 14.2. The second-order valence-corrected chi connectivity index (χ2v) is 6.42. The van der Waals surface area contributed by atoms with Gasteiger partial charge in [0.2, 0.25) is 0 Å². The van der Waals surface area contributed by atoms with Gasteiger partial charge in [-0.1, -0.05) is 20.8 Å². The molecule has 4 nitrogen and oxygen atoms in total. The molecule has 0 aliphatic heterocycles. The van der Waals surface area contributed by atoms with E-state index in [0.717, 1.165) is 28.4 Å². The van der Waals surface area contributed by atoms with Crippen LogP contribution in [0.4, 0.5) is 5.69 Å². The molecule has 2 N–H and O–H groups in total. The number of ether oxygens (including phenoxy) is 1. The predicted octanol–water partition coefficient (Wildman–Crippen LogP) is 3.83. The minimum Gasteiger partial charge on any atom is -0.430 e. The molecule has 1 aromatic carbocycles. The van der Waals surface area contributed by atoms with Gasteiger partial charge in [0.15, 0.2) is 5.82 Å². The first-order valence-electron chi connectivity index (χ1n) is 6.16. The van der Waals surface area contributed by atoms with Crippen molar-refractivity contribution in [1.82, 2.24) is 9.36 Å². The molecule has 5 heteroatoms. The van der Waals surface area contributed by atoms with E-state index < -0.39 is 0 Å². The molecular formula is C14H19N3OS. The van der Waals surface area contributed by atoms with E-state index in [0.29, 0.717) is 5.19 Å². The summed E-state index contributed by atoms with van der Waals surface area (Å²) in [6, 6.07) is 3.85. The Morgan fingerprint density at radius 1 is 1.16 bits per heavy atom. The van der Waals surface area contributed by atoms with Crippen molar-refractivity contribution in [3.8, 4) is 10.9 Å². The summed E-state index contributed by atoms with van der Waals surface area (Å²) < 4.78 is 10.1. The number of aryl methyl sites for hydroxylation is 2. The Morgan fingerprint density at radius 2 is 1.84 bits per heavy atom. The number of hydrogen-bond donors (Lipinski definition) is 1. The van der Waals surface area contributed by atoms with Crippen molar-refractivity contribution in [2.45, 2.75) is 40.0 Å². The Balaban J connectivity index is 2.27. The maximum Gasteiger partial charge on any atom is 0.298 e. The van der Waals surface area contributed by atoms with Crippen LogP contribution in [0.2, 0.25) is 0 Å². The molecule has 2 rings (SSSR count). The van der Waals surface area contributed by atoms with E-state index in [4.69, 9.17) is 10.5 Å². The Morgan fingerprint density at radius 3 is 2.42 bits per heavy atom. The third kappa shape index (κ3) is 3.04. The molecule has 0 saturated carbocycles. The predicted molar refractivity (Wildman–Crippen MR) is 79.0 cm³/mol. The van der Waals surface area contributed by atoms with Gasteiger partial charge in [0.05, 0.1) is 0 Å². The Labute approximate surface area is 117 Å². The molecule has 1 heterocycles. The number of anilines is 1. The van der Waals surface area contributed by atoms with Crippen LogP contribution in [0.3, 0.4) is 0 Å². The van der Waals surface area contributed by atoms with Crippen molar-refractivity contribution in [3.05, 3.63) is 29.1 Å². The van der Waals surface area contributed by atoms with Crippen LogP contribution in [0, 0.1) is 13.8 Å². The van der Waals surface area contributed by atoms with Crippen LogP contribution in [0.5, 0.6) is 10.9 Å². The number of nitrogens with two attached hydrogens (primary N) is 1. The first kappa shape index (κ1) is 13.8. The maximum absolute atomic E-state index is 5.86. The zero-order valence-corrected chi connectivity index (χ0v) is 12.8. The van der Waals surface area contributed by atoms with E-state index in [1.165, 1.54) is 11.5 Å². The molecule has 0 atom stereocenters. The van der Waals surface area contributed by atoms with E-state index in [1.807, 2.05) is 26.0 Å². The standard InChI is InChI=1S/C14H19N3OS/c1-8-7-11(9(2)6-10(8)15)18-13-16-12(17-19-13)14(3,4)5/h6-7H,15H2,1-5H3. The van der Waals surface area contributed by atoms with Crippen LogP contribution >= 0.6 is 11.5 Å². The van der Waals surface area contributed by atoms with Crippen LogP contribution < -0.4 is 10.5 Å². The number of benzene rings is 1. The van der Waals surface area contributed by atoms with Gasteiger partial charge in [0, 0.05) is 22.6 Å². The lowest BCUT2D eigenvalue weighted by Crippen LogP contribution is -2.12. The molecule has 19 heavy (non-hydrogen) atoms. The normalized spacial score (nSPS) is 11.6. The van der Waals surface area contributed by atoms with Gasteiger partial charge < -0.3 is 10.5 Å². The van der Waals surface area contributed by atoms with Crippen LogP contribution in [0.25, 0.3) is 0 Å². The number of rotatable bonds is 2. The quantitative estimate of drug-likeness (QED) is 0.847. The Bertz CT molecular complexity index is 599. The molecule has 0 amide bonds. The van der Waals surface area contributed by atoms with Crippen molar-refractivity contribution in [2.24, 2.45) is 0 Å². The summed E-state index contributed by atoms with van der Waals surface area (Å²) in [6.07, 6.45) is 0. The first-order chi connectivity index (χ1) is 8.77. The summed E-state index contributed by atoms with van der Waals surface area (Å²) >= 11 is 1.28. The van der Waals surface area contributed by atoms with Crippen molar-refractivity contribution < 1.29 is 4.74 Å². The highest BCUT2D eigenvalue weighted by atomic mass is 32.1. The van der Waals surface area contributed by atoms with Crippen molar-refractivity contribution in [2.75, 3.05) is 5.73 Å². The molecule has 0 radical (unpaired) electrons. The highest BCUT2D eigenvalue weighted by Gasteiger charge is 2.20. The smallest absolute Gasteiger partial charge is 0.298 e. The molecule has 0 bridgehead atoms. The van der Waals surface area contributed by atoms with E-state index in [2.05, 4.69) is 30.1 Å². The summed E-state index contributed by atoms with van der Waals surface area (Å²) in [7, 11) is 0. The molecule has 0 aliphatic carbocycles. The monoisotopic (exact) mass is 277 g/mol. The fourth-order valence-electron chi connectivity index (χ4n) is 1.57. The van der Waals surface area contributed by atoms with Gasteiger partial charge in [-0.05, 0) is 37.1 Å². The molecule has 0 saturated heterocycles. The second kappa shape index (κ2) is 4.81. The minimum absolute atomic E-state index is 0.0653. The summed E-state index contributed by atoms with van der Waals surface area (Å²) in [4.78, 5) is 4.42. The van der Waals surface area contributed by atoms with Crippen LogP contribution in [-0.2, 0) is 5.41 Å². The largest absolute Gasteiger partial charge is 0.430 e. The van der Waals surface area contributed by atoms with Gasteiger partial charge in [0.1, 0.15) is 5.75 Å². The van der Waals surface area contributed by atoms with Crippen molar-refractivity contribution in [3.63, 3.8) is 0 Å². The highest BCUT2D eigenvalue weighted by Crippen LogP contribution is 2.31. The summed E-state index contributed by atoms with van der Waals surface area (Å²) in [5.74, 6) is 1.58. The molecule has 0 fully saturated rings. The number of hydrogen-bond acceptors (Lipinski definition) is 5. The van der Waals surface area contributed by atoms with Gasteiger partial charge >= 0.3 is 0 Å². The third-order valence-corrected chi connectivity index (χ3v) is 3.43. The first-order valence-corrected chi connectivity index (χ1v) is 6.93. The second-order valence-electron chi connectivity index (χ2n) is 5.71. The van der Waals surface area contributed by atoms with Gasteiger partial charge in [-0.2, -0.15) is 9.36 Å². The third-order valence-electron chi connectivity index (χ3n) is 2.84. The fourth-order valence-corrected chi connectivity index (χ4v) is 2.31. The molecule has 0 unspecified atom stereocenters. The minimum atomic E-state index is -0.0653. The summed E-state index contributed by atoms with van der Waals surface area (Å²) in [5, 5.41) is 0.567. The van der Waals surface area contributed by atoms with Gasteiger partial charge in [0.25, 0.3) is 5.19 Å².